The summed E-state index contributed by atoms with van der Waals surface area (Å²) in [5.74, 6) is -1.99. The largest absolute Gasteiger partial charge is 0.338 e. The lowest BCUT2D eigenvalue weighted by Crippen LogP contribution is -2.40. The minimum absolute atomic E-state index is 0.0529. The van der Waals surface area contributed by atoms with E-state index >= 15 is 0 Å². The summed E-state index contributed by atoms with van der Waals surface area (Å²) in [5.41, 5.74) is 0. The second-order valence-electron chi connectivity index (χ2n) is 4.85. The lowest BCUT2D eigenvalue weighted by atomic mass is 10.1. The van der Waals surface area contributed by atoms with Gasteiger partial charge in [0.05, 0.1) is 5.75 Å². The minimum Gasteiger partial charge on any atom is -0.338 e. The zero-order valence-corrected chi connectivity index (χ0v) is 12.7. The number of carbonyl (C=O) groups excluding carboxylic acids is 2. The molecule has 0 saturated heterocycles. The summed E-state index contributed by atoms with van der Waals surface area (Å²) in [5, 5.41) is 4.74. The fourth-order valence-corrected chi connectivity index (χ4v) is 2.12. The third-order valence-corrected chi connectivity index (χ3v) is 3.51. The van der Waals surface area contributed by atoms with E-state index < -0.39 is 23.6 Å². The number of nitrogens with one attached hydrogen (secondary N) is 2. The van der Waals surface area contributed by atoms with Crippen LogP contribution in [0.25, 0.3) is 0 Å². The van der Waals surface area contributed by atoms with E-state index in [0.29, 0.717) is 17.4 Å². The predicted octanol–water partition coefficient (Wildman–Crippen LogP) is 2.93. The van der Waals surface area contributed by atoms with Crippen molar-refractivity contribution in [1.29, 1.82) is 0 Å². The lowest BCUT2D eigenvalue weighted by molar-refractivity contribution is -0.117. The average Bonchev–Trinajstić information content (AvgIpc) is 2.39. The molecule has 0 aromatic heterocycles. The number of halogens is 2. The van der Waals surface area contributed by atoms with Crippen molar-refractivity contribution in [3.8, 4) is 0 Å². The molecule has 0 unspecified atom stereocenters. The molecule has 1 aromatic rings. The Morgan fingerprint density at radius 3 is 2.57 bits per heavy atom. The van der Waals surface area contributed by atoms with E-state index in [1.54, 1.807) is 0 Å². The zero-order valence-electron chi connectivity index (χ0n) is 11.9. The third kappa shape index (κ3) is 7.08. The molecule has 0 aliphatic heterocycles. The fraction of sp³-hybridized carbons (Fsp3) is 0.429. The zero-order chi connectivity index (χ0) is 15.8. The van der Waals surface area contributed by atoms with Crippen molar-refractivity contribution >= 4 is 23.7 Å². The Morgan fingerprint density at radius 2 is 1.95 bits per heavy atom. The first-order valence-corrected chi connectivity index (χ1v) is 7.52. The van der Waals surface area contributed by atoms with Gasteiger partial charge in [-0.2, -0.15) is 0 Å². The molecule has 21 heavy (non-hydrogen) atoms. The van der Waals surface area contributed by atoms with Gasteiger partial charge in [0, 0.05) is 11.4 Å². The number of hydrogen-bond donors (Lipinski definition) is 2. The molecule has 0 spiro atoms. The number of imide groups is 1. The molecule has 4 nitrogen and oxygen atoms in total. The summed E-state index contributed by atoms with van der Waals surface area (Å²) in [4.78, 5) is 23.3. The molecule has 0 bridgehead atoms. The van der Waals surface area contributed by atoms with Crippen LogP contribution in [0.4, 0.5) is 13.6 Å². The molecule has 116 valence electrons. The summed E-state index contributed by atoms with van der Waals surface area (Å²) < 4.78 is 25.7. The summed E-state index contributed by atoms with van der Waals surface area (Å²) >= 11 is 1.02. The average molecular weight is 316 g/mol. The molecule has 2 N–H and O–H groups in total. The molecule has 0 heterocycles. The molecule has 1 aromatic carbocycles. The van der Waals surface area contributed by atoms with E-state index in [1.807, 2.05) is 13.8 Å². The molecule has 0 aliphatic rings. The van der Waals surface area contributed by atoms with Crippen molar-refractivity contribution in [3.05, 3.63) is 29.8 Å². The van der Waals surface area contributed by atoms with E-state index in [9.17, 15) is 18.4 Å². The summed E-state index contributed by atoms with van der Waals surface area (Å²) in [6.45, 7) is 4.56. The van der Waals surface area contributed by atoms with Crippen LogP contribution < -0.4 is 10.6 Å². The van der Waals surface area contributed by atoms with Crippen LogP contribution in [0.1, 0.15) is 20.3 Å². The maximum atomic E-state index is 13.0. The number of rotatable bonds is 6. The van der Waals surface area contributed by atoms with Gasteiger partial charge < -0.3 is 5.32 Å². The van der Waals surface area contributed by atoms with Crippen molar-refractivity contribution < 1.29 is 18.4 Å². The first-order valence-electron chi connectivity index (χ1n) is 6.54. The van der Waals surface area contributed by atoms with Gasteiger partial charge in [0.2, 0.25) is 5.91 Å². The maximum absolute atomic E-state index is 13.0. The molecule has 0 radical (unpaired) electrons. The minimum atomic E-state index is -0.966. The van der Waals surface area contributed by atoms with Crippen LogP contribution in [-0.4, -0.2) is 24.2 Å². The van der Waals surface area contributed by atoms with Gasteiger partial charge in [0.25, 0.3) is 0 Å². The Labute approximate surface area is 126 Å². The number of amides is 3. The van der Waals surface area contributed by atoms with Gasteiger partial charge in [0.15, 0.2) is 11.6 Å². The maximum Gasteiger partial charge on any atom is 0.321 e. The first-order chi connectivity index (χ1) is 9.88. The van der Waals surface area contributed by atoms with Crippen molar-refractivity contribution in [2.45, 2.75) is 25.2 Å². The number of thioether (sulfide) groups is 1. The van der Waals surface area contributed by atoms with Crippen molar-refractivity contribution in [2.75, 3.05) is 12.3 Å². The summed E-state index contributed by atoms with van der Waals surface area (Å²) in [7, 11) is 0. The molecule has 1 rings (SSSR count). The highest BCUT2D eigenvalue weighted by molar-refractivity contribution is 8.00. The van der Waals surface area contributed by atoms with E-state index in [4.69, 9.17) is 0 Å². The highest BCUT2D eigenvalue weighted by Crippen LogP contribution is 2.19. The molecule has 0 atom stereocenters. The lowest BCUT2D eigenvalue weighted by Gasteiger charge is -2.08. The van der Waals surface area contributed by atoms with E-state index in [1.165, 1.54) is 6.07 Å². The van der Waals surface area contributed by atoms with Crippen LogP contribution in [0.5, 0.6) is 0 Å². The van der Waals surface area contributed by atoms with Gasteiger partial charge >= 0.3 is 6.03 Å². The summed E-state index contributed by atoms with van der Waals surface area (Å²) in [6.07, 6.45) is 0.825. The van der Waals surface area contributed by atoms with Gasteiger partial charge in [-0.3, -0.25) is 10.1 Å². The van der Waals surface area contributed by atoms with Crippen LogP contribution >= 0.6 is 11.8 Å². The topological polar surface area (TPSA) is 58.2 Å². The van der Waals surface area contributed by atoms with Gasteiger partial charge in [-0.05, 0) is 30.5 Å². The van der Waals surface area contributed by atoms with E-state index in [0.717, 1.165) is 30.3 Å². The molecule has 3 amide bonds. The van der Waals surface area contributed by atoms with Crippen LogP contribution in [-0.2, 0) is 4.79 Å². The SMILES string of the molecule is CC(C)CCNC(=O)NC(=O)CSc1ccc(F)c(F)c1. The second-order valence-corrected chi connectivity index (χ2v) is 5.90. The Balaban J connectivity index is 2.30. The highest BCUT2D eigenvalue weighted by atomic mass is 32.2. The highest BCUT2D eigenvalue weighted by Gasteiger charge is 2.09. The van der Waals surface area contributed by atoms with Gasteiger partial charge in [-0.25, -0.2) is 13.6 Å². The Kier molecular flexibility index (Phi) is 7.14. The standard InChI is InChI=1S/C14H18F2N2O2S/c1-9(2)5-6-17-14(20)18-13(19)8-21-10-3-4-11(15)12(16)7-10/h3-4,7,9H,5-6,8H2,1-2H3,(H2,17,18,19,20). The third-order valence-electron chi connectivity index (χ3n) is 2.52. The molecular weight excluding hydrogens is 298 g/mol. The quantitative estimate of drug-likeness (QED) is 0.793. The fourth-order valence-electron chi connectivity index (χ4n) is 1.40. The van der Waals surface area contributed by atoms with Crippen molar-refractivity contribution in [3.63, 3.8) is 0 Å². The van der Waals surface area contributed by atoms with E-state index in [2.05, 4.69) is 10.6 Å². The normalized spacial score (nSPS) is 10.5. The summed E-state index contributed by atoms with van der Waals surface area (Å²) in [6, 6.07) is 2.83. The number of hydrogen-bond acceptors (Lipinski definition) is 3. The van der Waals surface area contributed by atoms with E-state index in [-0.39, 0.29) is 5.75 Å². The molecule has 7 heteroatoms. The smallest absolute Gasteiger partial charge is 0.321 e. The number of urea groups is 1. The van der Waals surface area contributed by atoms with Crippen LogP contribution in [0.3, 0.4) is 0 Å². The Hall–Kier alpha value is -1.63. The van der Waals surface area contributed by atoms with Gasteiger partial charge in [-0.15, -0.1) is 11.8 Å². The van der Waals surface area contributed by atoms with Gasteiger partial charge in [-0.1, -0.05) is 13.8 Å². The number of carbonyl (C=O) groups is 2. The van der Waals surface area contributed by atoms with Crippen LogP contribution in [0, 0.1) is 17.6 Å². The van der Waals surface area contributed by atoms with Crippen molar-refractivity contribution in [2.24, 2.45) is 5.92 Å². The Bertz CT molecular complexity index is 510. The molecule has 0 fully saturated rings. The predicted molar refractivity (Wildman–Crippen MR) is 78.1 cm³/mol. The van der Waals surface area contributed by atoms with Crippen molar-refractivity contribution in [1.82, 2.24) is 10.6 Å². The first kappa shape index (κ1) is 17.4. The Morgan fingerprint density at radius 1 is 1.24 bits per heavy atom. The van der Waals surface area contributed by atoms with Gasteiger partial charge in [0.1, 0.15) is 0 Å². The molecule has 0 saturated carbocycles. The van der Waals surface area contributed by atoms with Crippen LogP contribution in [0.2, 0.25) is 0 Å². The molecule has 0 aliphatic carbocycles. The second kappa shape index (κ2) is 8.61. The molecular formula is C14H18F2N2O2S. The number of benzene rings is 1. The monoisotopic (exact) mass is 316 g/mol. The van der Waals surface area contributed by atoms with Crippen LogP contribution in [0.15, 0.2) is 23.1 Å².